The molecule has 0 bridgehead atoms. The number of aryl methyl sites for hydroxylation is 1. The van der Waals surface area contributed by atoms with Crippen LogP contribution in [0.15, 0.2) is 36.4 Å². The van der Waals surface area contributed by atoms with E-state index >= 15 is 0 Å². The fraction of sp³-hybridized carbons (Fsp3) is 0.294. The zero-order chi connectivity index (χ0) is 14.1. The van der Waals surface area contributed by atoms with Crippen LogP contribution in [0, 0.1) is 6.92 Å². The minimum atomic E-state index is -0.146. The average molecular weight is 289 g/mol. The van der Waals surface area contributed by atoms with E-state index in [1.54, 1.807) is 7.11 Å². The first-order chi connectivity index (χ1) is 9.69. The summed E-state index contributed by atoms with van der Waals surface area (Å²) in [5, 5.41) is -0.146. The van der Waals surface area contributed by atoms with Gasteiger partial charge in [-0.05, 0) is 47.4 Å². The van der Waals surface area contributed by atoms with E-state index in [1.807, 2.05) is 30.3 Å². The predicted molar refractivity (Wildman–Crippen MR) is 81.1 cm³/mol. The van der Waals surface area contributed by atoms with Gasteiger partial charge >= 0.3 is 0 Å². The normalized spacial score (nSPS) is 14.6. The number of hydrogen-bond acceptors (Lipinski definition) is 2. The highest BCUT2D eigenvalue weighted by atomic mass is 35.5. The Labute approximate surface area is 124 Å². The molecule has 0 N–H and O–H groups in total. The van der Waals surface area contributed by atoms with Crippen molar-refractivity contribution in [3.8, 4) is 11.5 Å². The lowest BCUT2D eigenvalue weighted by molar-refractivity contribution is 0.357. The van der Waals surface area contributed by atoms with Gasteiger partial charge in [0.05, 0.1) is 19.1 Å². The van der Waals surface area contributed by atoms with Gasteiger partial charge in [0.1, 0.15) is 11.5 Å². The van der Waals surface area contributed by atoms with Crippen molar-refractivity contribution in [2.45, 2.75) is 18.7 Å². The molecule has 0 aliphatic carbocycles. The van der Waals surface area contributed by atoms with Gasteiger partial charge in [0.25, 0.3) is 0 Å². The molecule has 3 heteroatoms. The highest BCUT2D eigenvalue weighted by Gasteiger charge is 2.18. The molecule has 1 heterocycles. The Morgan fingerprint density at radius 1 is 1.20 bits per heavy atom. The number of halogens is 1. The van der Waals surface area contributed by atoms with E-state index in [0.717, 1.165) is 41.2 Å². The lowest BCUT2D eigenvalue weighted by Crippen LogP contribution is -1.98. The van der Waals surface area contributed by atoms with E-state index < -0.39 is 0 Å². The fourth-order valence-corrected chi connectivity index (χ4v) is 2.98. The summed E-state index contributed by atoms with van der Waals surface area (Å²) in [7, 11) is 1.67. The molecule has 1 aliphatic heterocycles. The average Bonchev–Trinajstić information content (AvgIpc) is 2.93. The van der Waals surface area contributed by atoms with Crippen LogP contribution < -0.4 is 9.47 Å². The van der Waals surface area contributed by atoms with Gasteiger partial charge in [-0.25, -0.2) is 0 Å². The summed E-state index contributed by atoms with van der Waals surface area (Å²) in [5.74, 6) is 1.85. The van der Waals surface area contributed by atoms with Crippen molar-refractivity contribution in [3.63, 3.8) is 0 Å². The minimum Gasteiger partial charge on any atom is -0.497 e. The van der Waals surface area contributed by atoms with Crippen molar-refractivity contribution in [1.29, 1.82) is 0 Å². The molecule has 1 unspecified atom stereocenters. The lowest BCUT2D eigenvalue weighted by Gasteiger charge is -2.15. The Hall–Kier alpha value is -1.67. The molecule has 0 spiro atoms. The van der Waals surface area contributed by atoms with Crippen molar-refractivity contribution in [2.24, 2.45) is 0 Å². The number of ether oxygens (including phenoxy) is 2. The molecule has 104 valence electrons. The molecular weight excluding hydrogens is 272 g/mol. The maximum absolute atomic E-state index is 6.65. The van der Waals surface area contributed by atoms with Gasteiger partial charge in [0.15, 0.2) is 0 Å². The molecule has 0 amide bonds. The number of methoxy groups -OCH3 is 1. The smallest absolute Gasteiger partial charge is 0.122 e. The summed E-state index contributed by atoms with van der Waals surface area (Å²) in [6.45, 7) is 2.83. The molecule has 20 heavy (non-hydrogen) atoms. The van der Waals surface area contributed by atoms with Gasteiger partial charge in [-0.3, -0.25) is 0 Å². The number of alkyl halides is 1. The van der Waals surface area contributed by atoms with Crippen LogP contribution in [0.25, 0.3) is 0 Å². The molecule has 1 atom stereocenters. The summed E-state index contributed by atoms with van der Waals surface area (Å²) in [5.41, 5.74) is 4.62. The van der Waals surface area contributed by atoms with Crippen LogP contribution in [0.1, 0.15) is 27.6 Å². The van der Waals surface area contributed by atoms with Gasteiger partial charge in [-0.15, -0.1) is 11.6 Å². The Morgan fingerprint density at radius 2 is 2.05 bits per heavy atom. The van der Waals surface area contributed by atoms with Gasteiger partial charge in [-0.1, -0.05) is 18.2 Å². The third kappa shape index (κ3) is 2.36. The Morgan fingerprint density at radius 3 is 2.80 bits per heavy atom. The quantitative estimate of drug-likeness (QED) is 0.786. The molecular formula is C17H17ClO2. The fourth-order valence-electron chi connectivity index (χ4n) is 2.60. The van der Waals surface area contributed by atoms with Crippen LogP contribution in [0.2, 0.25) is 0 Å². The number of hydrogen-bond donors (Lipinski definition) is 0. The van der Waals surface area contributed by atoms with E-state index in [9.17, 15) is 0 Å². The summed E-state index contributed by atoms with van der Waals surface area (Å²) < 4.78 is 10.8. The van der Waals surface area contributed by atoms with Crippen LogP contribution in [0.5, 0.6) is 11.5 Å². The molecule has 0 radical (unpaired) electrons. The maximum Gasteiger partial charge on any atom is 0.122 e. The molecule has 0 aromatic heterocycles. The third-order valence-electron chi connectivity index (χ3n) is 3.76. The largest absolute Gasteiger partial charge is 0.497 e. The van der Waals surface area contributed by atoms with Crippen LogP contribution in [-0.4, -0.2) is 13.7 Å². The van der Waals surface area contributed by atoms with E-state index in [1.165, 1.54) is 5.56 Å². The Kier molecular flexibility index (Phi) is 3.58. The highest BCUT2D eigenvalue weighted by Crippen LogP contribution is 2.36. The molecule has 1 aliphatic rings. The standard InChI is InChI=1S/C17H17ClO2/c1-11-9-14(19-2)4-5-15(11)17(18)13-3-6-16-12(10-13)7-8-20-16/h3-6,9-10,17H,7-8H2,1-2H3. The molecule has 2 aromatic rings. The van der Waals surface area contributed by atoms with Crippen molar-refractivity contribution in [3.05, 3.63) is 58.7 Å². The SMILES string of the molecule is COc1ccc(C(Cl)c2ccc3c(c2)CCO3)c(C)c1. The van der Waals surface area contributed by atoms with Crippen molar-refractivity contribution in [1.82, 2.24) is 0 Å². The first-order valence-corrected chi connectivity index (χ1v) is 7.17. The molecule has 0 saturated carbocycles. The van der Waals surface area contributed by atoms with E-state index in [-0.39, 0.29) is 5.38 Å². The van der Waals surface area contributed by atoms with Gasteiger partial charge < -0.3 is 9.47 Å². The monoisotopic (exact) mass is 288 g/mol. The van der Waals surface area contributed by atoms with E-state index in [4.69, 9.17) is 21.1 Å². The Bertz CT molecular complexity index is 637. The predicted octanol–water partition coefficient (Wildman–Crippen LogP) is 4.27. The molecule has 0 saturated heterocycles. The molecule has 3 rings (SSSR count). The summed E-state index contributed by atoms with van der Waals surface area (Å²) >= 11 is 6.65. The van der Waals surface area contributed by atoms with Gasteiger partial charge in [0, 0.05) is 6.42 Å². The first-order valence-electron chi connectivity index (χ1n) is 6.73. The number of fused-ring (bicyclic) bond motifs is 1. The van der Waals surface area contributed by atoms with Crippen molar-refractivity contribution >= 4 is 11.6 Å². The second-order valence-electron chi connectivity index (χ2n) is 5.05. The second-order valence-corrected chi connectivity index (χ2v) is 5.49. The zero-order valence-electron chi connectivity index (χ0n) is 11.7. The highest BCUT2D eigenvalue weighted by molar-refractivity contribution is 6.22. The van der Waals surface area contributed by atoms with E-state index in [0.29, 0.717) is 0 Å². The first kappa shape index (κ1) is 13.3. The van der Waals surface area contributed by atoms with Crippen molar-refractivity contribution < 1.29 is 9.47 Å². The lowest BCUT2D eigenvalue weighted by atomic mass is 9.98. The zero-order valence-corrected chi connectivity index (χ0v) is 12.4. The summed E-state index contributed by atoms with van der Waals surface area (Å²) in [6, 6.07) is 12.2. The van der Waals surface area contributed by atoms with Crippen LogP contribution >= 0.6 is 11.6 Å². The number of benzene rings is 2. The maximum atomic E-state index is 6.65. The van der Waals surface area contributed by atoms with Gasteiger partial charge in [-0.2, -0.15) is 0 Å². The summed E-state index contributed by atoms with van der Waals surface area (Å²) in [4.78, 5) is 0. The van der Waals surface area contributed by atoms with Crippen LogP contribution in [-0.2, 0) is 6.42 Å². The van der Waals surface area contributed by atoms with Gasteiger partial charge in [0.2, 0.25) is 0 Å². The molecule has 2 aromatic carbocycles. The van der Waals surface area contributed by atoms with Crippen LogP contribution in [0.3, 0.4) is 0 Å². The third-order valence-corrected chi connectivity index (χ3v) is 4.24. The Balaban J connectivity index is 1.94. The van der Waals surface area contributed by atoms with E-state index in [2.05, 4.69) is 13.0 Å². The van der Waals surface area contributed by atoms with Crippen molar-refractivity contribution in [2.75, 3.05) is 13.7 Å². The molecule has 2 nitrogen and oxygen atoms in total. The topological polar surface area (TPSA) is 18.5 Å². The minimum absolute atomic E-state index is 0.146. The second kappa shape index (κ2) is 5.37. The molecule has 0 fully saturated rings. The number of rotatable bonds is 3. The summed E-state index contributed by atoms with van der Waals surface area (Å²) in [6.07, 6.45) is 0.967. The van der Waals surface area contributed by atoms with Crippen LogP contribution in [0.4, 0.5) is 0 Å².